The number of rotatable bonds is 3. The van der Waals surface area contributed by atoms with E-state index in [0.717, 1.165) is 12.8 Å². The van der Waals surface area contributed by atoms with Gasteiger partial charge in [-0.15, -0.1) is 0 Å². The van der Waals surface area contributed by atoms with Gasteiger partial charge < -0.3 is 9.84 Å². The molecule has 0 aromatic rings. The quantitative estimate of drug-likeness (QED) is 0.493. The number of ether oxygens (including phenoxy) is 1. The van der Waals surface area contributed by atoms with Crippen LogP contribution in [0.3, 0.4) is 0 Å². The summed E-state index contributed by atoms with van der Waals surface area (Å²) < 4.78 is 4.65. The monoisotopic (exact) mass is 152 g/mol. The second kappa shape index (κ2) is 4.74. The molecule has 60 valence electrons. The van der Waals surface area contributed by atoms with Crippen molar-refractivity contribution in [3.63, 3.8) is 0 Å². The van der Waals surface area contributed by atoms with Crippen LogP contribution in [-0.4, -0.2) is 11.9 Å². The van der Waals surface area contributed by atoms with E-state index in [9.17, 15) is 0 Å². The lowest BCUT2D eigenvalue weighted by Gasteiger charge is -2.02. The predicted octanol–water partition coefficient (Wildman–Crippen LogP) is 1.74. The molecule has 0 spiro atoms. The smallest absolute Gasteiger partial charge is 0.185 e. The van der Waals surface area contributed by atoms with Gasteiger partial charge in [0.2, 0.25) is 0 Å². The van der Waals surface area contributed by atoms with Gasteiger partial charge in [-0.05, 0) is 24.5 Å². The molecule has 0 amide bonds. The first-order valence-corrected chi connectivity index (χ1v) is 3.68. The standard InChI is InChI=1S/C9H12O2/c10-8-11-7-6-9-4-2-1-3-5-9/h1-2,4,6-7,10H,3,5,8H2/b7-6-. The molecule has 11 heavy (non-hydrogen) atoms. The van der Waals surface area contributed by atoms with Crippen LogP contribution in [0.2, 0.25) is 0 Å². The van der Waals surface area contributed by atoms with Gasteiger partial charge in [-0.25, -0.2) is 0 Å². The maximum absolute atomic E-state index is 8.29. The molecule has 1 rings (SSSR count). The molecule has 0 saturated carbocycles. The maximum Gasteiger partial charge on any atom is 0.185 e. The predicted molar refractivity (Wildman–Crippen MR) is 43.8 cm³/mol. The van der Waals surface area contributed by atoms with Gasteiger partial charge in [-0.2, -0.15) is 0 Å². The van der Waals surface area contributed by atoms with Crippen molar-refractivity contribution in [2.75, 3.05) is 6.79 Å². The van der Waals surface area contributed by atoms with Gasteiger partial charge in [0.1, 0.15) is 0 Å². The third-order valence-electron chi connectivity index (χ3n) is 1.50. The summed E-state index contributed by atoms with van der Waals surface area (Å²) in [4.78, 5) is 0. The van der Waals surface area contributed by atoms with E-state index in [1.807, 2.05) is 18.2 Å². The fraction of sp³-hybridized carbons (Fsp3) is 0.333. The Bertz CT molecular complexity index is 190. The Morgan fingerprint density at radius 3 is 3.18 bits per heavy atom. The van der Waals surface area contributed by atoms with Crippen LogP contribution in [0.25, 0.3) is 0 Å². The first-order valence-electron chi connectivity index (χ1n) is 3.68. The van der Waals surface area contributed by atoms with Crippen LogP contribution < -0.4 is 0 Å². The summed E-state index contributed by atoms with van der Waals surface area (Å²) in [6.45, 7) is -0.250. The first kappa shape index (κ1) is 8.08. The van der Waals surface area contributed by atoms with Gasteiger partial charge >= 0.3 is 0 Å². The Hall–Kier alpha value is -1.02. The third-order valence-corrected chi connectivity index (χ3v) is 1.50. The Balaban J connectivity index is 2.35. The zero-order valence-electron chi connectivity index (χ0n) is 6.36. The second-order valence-corrected chi connectivity index (χ2v) is 2.31. The molecule has 1 N–H and O–H groups in total. The van der Waals surface area contributed by atoms with Gasteiger partial charge in [0, 0.05) is 0 Å². The minimum absolute atomic E-state index is 0.250. The van der Waals surface area contributed by atoms with Crippen molar-refractivity contribution in [2.24, 2.45) is 0 Å². The lowest BCUT2D eigenvalue weighted by molar-refractivity contribution is 0.0602. The Morgan fingerprint density at radius 2 is 2.55 bits per heavy atom. The Morgan fingerprint density at radius 1 is 1.64 bits per heavy atom. The summed E-state index contributed by atoms with van der Waals surface area (Å²) in [7, 11) is 0. The van der Waals surface area contributed by atoms with Crippen molar-refractivity contribution in [1.82, 2.24) is 0 Å². The van der Waals surface area contributed by atoms with Crippen LogP contribution in [0.1, 0.15) is 12.8 Å². The molecule has 0 unspecified atom stereocenters. The summed E-state index contributed by atoms with van der Waals surface area (Å²) >= 11 is 0. The maximum atomic E-state index is 8.29. The van der Waals surface area contributed by atoms with Crippen molar-refractivity contribution in [3.05, 3.63) is 36.1 Å². The van der Waals surface area contributed by atoms with E-state index in [1.165, 1.54) is 11.8 Å². The van der Waals surface area contributed by atoms with Gasteiger partial charge in [-0.1, -0.05) is 18.2 Å². The van der Waals surface area contributed by atoms with Crippen LogP contribution in [0.4, 0.5) is 0 Å². The van der Waals surface area contributed by atoms with E-state index in [2.05, 4.69) is 10.8 Å². The van der Waals surface area contributed by atoms with E-state index in [-0.39, 0.29) is 6.79 Å². The van der Waals surface area contributed by atoms with Crippen LogP contribution in [0, 0.1) is 0 Å². The second-order valence-electron chi connectivity index (χ2n) is 2.31. The molecule has 0 heterocycles. The van der Waals surface area contributed by atoms with E-state index < -0.39 is 0 Å². The highest BCUT2D eigenvalue weighted by molar-refractivity contribution is 5.26. The molecule has 0 bridgehead atoms. The summed E-state index contributed by atoms with van der Waals surface area (Å²) in [5.74, 6) is 0. The molecular weight excluding hydrogens is 140 g/mol. The minimum Gasteiger partial charge on any atom is -0.475 e. The van der Waals surface area contributed by atoms with Crippen LogP contribution >= 0.6 is 0 Å². The zero-order valence-corrected chi connectivity index (χ0v) is 6.36. The van der Waals surface area contributed by atoms with Crippen molar-refractivity contribution in [1.29, 1.82) is 0 Å². The lowest BCUT2D eigenvalue weighted by atomic mass is 10.1. The van der Waals surface area contributed by atoms with Gasteiger partial charge in [0.25, 0.3) is 0 Å². The summed E-state index contributed by atoms with van der Waals surface area (Å²) in [5.41, 5.74) is 1.24. The summed E-state index contributed by atoms with van der Waals surface area (Å²) in [6, 6.07) is 0. The number of aliphatic hydroxyl groups is 1. The molecule has 1 aliphatic carbocycles. The number of hydrogen-bond acceptors (Lipinski definition) is 2. The number of allylic oxidation sites excluding steroid dienone is 5. The molecule has 0 fully saturated rings. The molecule has 0 radical (unpaired) electrons. The third kappa shape index (κ3) is 3.05. The largest absolute Gasteiger partial charge is 0.475 e. The van der Waals surface area contributed by atoms with Gasteiger partial charge in [0.05, 0.1) is 6.26 Å². The highest BCUT2D eigenvalue weighted by Gasteiger charge is 1.93. The average Bonchev–Trinajstić information content (AvgIpc) is 2.07. The normalized spacial score (nSPS) is 17.0. The van der Waals surface area contributed by atoms with Gasteiger partial charge in [0.15, 0.2) is 6.79 Å². The molecule has 0 aromatic carbocycles. The van der Waals surface area contributed by atoms with E-state index >= 15 is 0 Å². The molecule has 0 aliphatic heterocycles. The summed E-state index contributed by atoms with van der Waals surface area (Å²) in [6.07, 6.45) is 11.7. The average molecular weight is 152 g/mol. The van der Waals surface area contributed by atoms with Crippen molar-refractivity contribution >= 4 is 0 Å². The molecule has 0 saturated heterocycles. The highest BCUT2D eigenvalue weighted by atomic mass is 16.6. The first-order chi connectivity index (χ1) is 5.43. The van der Waals surface area contributed by atoms with Crippen molar-refractivity contribution in [3.8, 4) is 0 Å². The number of aliphatic hydroxyl groups excluding tert-OH is 1. The van der Waals surface area contributed by atoms with Crippen LogP contribution in [-0.2, 0) is 4.74 Å². The molecule has 0 aromatic heterocycles. The van der Waals surface area contributed by atoms with E-state index in [4.69, 9.17) is 5.11 Å². The van der Waals surface area contributed by atoms with E-state index in [1.54, 1.807) is 0 Å². The van der Waals surface area contributed by atoms with Crippen LogP contribution in [0.15, 0.2) is 36.1 Å². The Labute approximate surface area is 66.5 Å². The van der Waals surface area contributed by atoms with Crippen LogP contribution in [0.5, 0.6) is 0 Å². The fourth-order valence-corrected chi connectivity index (χ4v) is 0.939. The lowest BCUT2D eigenvalue weighted by Crippen LogP contribution is -1.85. The van der Waals surface area contributed by atoms with Gasteiger partial charge in [-0.3, -0.25) is 0 Å². The number of hydrogen-bond donors (Lipinski definition) is 1. The fourth-order valence-electron chi connectivity index (χ4n) is 0.939. The Kier molecular flexibility index (Phi) is 3.48. The molecule has 1 aliphatic rings. The zero-order chi connectivity index (χ0) is 7.94. The molecular formula is C9H12O2. The van der Waals surface area contributed by atoms with E-state index in [0.29, 0.717) is 0 Å². The summed E-state index contributed by atoms with van der Waals surface area (Å²) in [5, 5.41) is 8.29. The molecule has 2 heteroatoms. The molecule has 0 atom stereocenters. The topological polar surface area (TPSA) is 29.5 Å². The van der Waals surface area contributed by atoms with Crippen molar-refractivity contribution < 1.29 is 9.84 Å². The van der Waals surface area contributed by atoms with Crippen molar-refractivity contribution in [2.45, 2.75) is 12.8 Å². The molecule has 2 nitrogen and oxygen atoms in total. The minimum atomic E-state index is -0.250. The SMILES string of the molecule is OCO/C=C\C1=CC=CCC1. The highest BCUT2D eigenvalue weighted by Crippen LogP contribution is 2.12.